The number of nitrogens with zero attached hydrogens (tertiary/aromatic N) is 3. The highest BCUT2D eigenvalue weighted by atomic mass is 127. The van der Waals surface area contributed by atoms with E-state index in [1.807, 2.05) is 6.92 Å². The third kappa shape index (κ3) is 11.8. The average Bonchev–Trinajstić information content (AvgIpc) is 2.73. The van der Waals surface area contributed by atoms with Gasteiger partial charge in [0.25, 0.3) is 0 Å². The predicted molar refractivity (Wildman–Crippen MR) is 133 cm³/mol. The number of piperazine rings is 1. The minimum Gasteiger partial charge on any atom is -0.382 e. The standard InChI is InChI=1S/C22H39N5O.HI/c1-3-23-22(25-13-9-19-28-4-2)24-12-8-14-26-15-17-27(18-16-26)20-21-10-6-5-7-11-21;/h5-7,10-11H,3-4,8-9,12-20H2,1-2H3,(H2,23,24,25);1H. The molecule has 0 spiro atoms. The maximum Gasteiger partial charge on any atom is 0.191 e. The highest BCUT2D eigenvalue weighted by molar-refractivity contribution is 14.0. The molecule has 1 aromatic carbocycles. The smallest absolute Gasteiger partial charge is 0.191 e. The molecule has 0 unspecified atom stereocenters. The predicted octanol–water partition coefficient (Wildman–Crippen LogP) is 2.79. The van der Waals surface area contributed by atoms with Crippen molar-refractivity contribution in [1.82, 2.24) is 20.4 Å². The zero-order valence-corrected chi connectivity index (χ0v) is 20.6. The lowest BCUT2D eigenvalue weighted by molar-refractivity contribution is 0.126. The molecule has 1 aliphatic heterocycles. The first-order valence-electron chi connectivity index (χ1n) is 10.9. The molecule has 1 saturated heterocycles. The molecule has 0 aliphatic carbocycles. The van der Waals surface area contributed by atoms with Gasteiger partial charge in [0.15, 0.2) is 5.96 Å². The number of guanidine groups is 1. The molecule has 1 heterocycles. The molecule has 6 nitrogen and oxygen atoms in total. The van der Waals surface area contributed by atoms with Crippen LogP contribution in [-0.2, 0) is 11.3 Å². The van der Waals surface area contributed by atoms with Gasteiger partial charge < -0.3 is 20.3 Å². The summed E-state index contributed by atoms with van der Waals surface area (Å²) in [6.07, 6.45) is 2.11. The average molecular weight is 518 g/mol. The summed E-state index contributed by atoms with van der Waals surface area (Å²) in [6, 6.07) is 10.8. The Morgan fingerprint density at radius 2 is 1.72 bits per heavy atom. The maximum atomic E-state index is 5.36. The van der Waals surface area contributed by atoms with Crippen LogP contribution in [0.25, 0.3) is 0 Å². The number of rotatable bonds is 12. The van der Waals surface area contributed by atoms with E-state index in [4.69, 9.17) is 4.74 Å². The summed E-state index contributed by atoms with van der Waals surface area (Å²) in [4.78, 5) is 9.75. The third-order valence-corrected chi connectivity index (χ3v) is 4.92. The Hall–Kier alpha value is -0.900. The summed E-state index contributed by atoms with van der Waals surface area (Å²) in [5.74, 6) is 0.923. The van der Waals surface area contributed by atoms with Crippen molar-refractivity contribution in [3.63, 3.8) is 0 Å². The van der Waals surface area contributed by atoms with Gasteiger partial charge in [0.2, 0.25) is 0 Å². The molecule has 0 radical (unpaired) electrons. The quantitative estimate of drug-likeness (QED) is 0.193. The van der Waals surface area contributed by atoms with Crippen LogP contribution in [0.5, 0.6) is 0 Å². The first-order chi connectivity index (χ1) is 13.8. The SMILES string of the molecule is CCNC(=NCCCOCC)NCCCN1CCN(Cc2ccccc2)CC1.I. The largest absolute Gasteiger partial charge is 0.382 e. The summed E-state index contributed by atoms with van der Waals surface area (Å²) in [7, 11) is 0. The molecular formula is C22H40IN5O. The van der Waals surface area contributed by atoms with E-state index in [2.05, 4.69) is 62.7 Å². The molecule has 7 heteroatoms. The fourth-order valence-electron chi connectivity index (χ4n) is 3.37. The Morgan fingerprint density at radius 3 is 2.41 bits per heavy atom. The summed E-state index contributed by atoms with van der Waals surface area (Å²) in [6.45, 7) is 15.2. The van der Waals surface area contributed by atoms with Crippen LogP contribution in [0, 0.1) is 0 Å². The minimum atomic E-state index is 0. The van der Waals surface area contributed by atoms with Gasteiger partial charge in [0.05, 0.1) is 0 Å². The topological polar surface area (TPSA) is 52.1 Å². The van der Waals surface area contributed by atoms with Crippen LogP contribution < -0.4 is 10.6 Å². The molecule has 1 fully saturated rings. The molecule has 0 bridgehead atoms. The summed E-state index contributed by atoms with van der Waals surface area (Å²) >= 11 is 0. The van der Waals surface area contributed by atoms with Crippen molar-refractivity contribution >= 4 is 29.9 Å². The first kappa shape index (κ1) is 26.1. The molecule has 2 N–H and O–H groups in total. The first-order valence-corrected chi connectivity index (χ1v) is 10.9. The van der Waals surface area contributed by atoms with E-state index in [9.17, 15) is 0 Å². The number of nitrogens with one attached hydrogen (secondary N) is 2. The summed E-state index contributed by atoms with van der Waals surface area (Å²) in [5, 5.41) is 6.77. The van der Waals surface area contributed by atoms with Gasteiger partial charge in [-0.25, -0.2) is 0 Å². The number of hydrogen-bond donors (Lipinski definition) is 2. The van der Waals surface area contributed by atoms with Crippen LogP contribution in [0.4, 0.5) is 0 Å². The Morgan fingerprint density at radius 1 is 1.00 bits per heavy atom. The molecule has 29 heavy (non-hydrogen) atoms. The Labute approximate surface area is 194 Å². The van der Waals surface area contributed by atoms with Gasteiger partial charge in [-0.05, 0) is 38.8 Å². The van der Waals surface area contributed by atoms with Crippen molar-refractivity contribution in [2.45, 2.75) is 33.2 Å². The van der Waals surface area contributed by atoms with E-state index in [-0.39, 0.29) is 24.0 Å². The lowest BCUT2D eigenvalue weighted by atomic mass is 10.2. The molecule has 166 valence electrons. The van der Waals surface area contributed by atoms with Gasteiger partial charge in [0.1, 0.15) is 0 Å². The van der Waals surface area contributed by atoms with Gasteiger partial charge in [-0.3, -0.25) is 9.89 Å². The monoisotopic (exact) mass is 517 g/mol. The maximum absolute atomic E-state index is 5.36. The van der Waals surface area contributed by atoms with E-state index in [1.165, 1.54) is 18.7 Å². The molecule has 0 aromatic heterocycles. The van der Waals surface area contributed by atoms with E-state index in [1.54, 1.807) is 0 Å². The van der Waals surface area contributed by atoms with Crippen LogP contribution in [0.1, 0.15) is 32.3 Å². The highest BCUT2D eigenvalue weighted by Gasteiger charge is 2.16. The van der Waals surface area contributed by atoms with Crippen molar-refractivity contribution in [3.8, 4) is 0 Å². The van der Waals surface area contributed by atoms with E-state index >= 15 is 0 Å². The number of halogens is 1. The Bertz CT molecular complexity index is 535. The highest BCUT2D eigenvalue weighted by Crippen LogP contribution is 2.08. The lowest BCUT2D eigenvalue weighted by Crippen LogP contribution is -2.46. The molecule has 0 amide bonds. The Balaban J connectivity index is 0.00000420. The fraction of sp³-hybridized carbons (Fsp3) is 0.682. The Kier molecular flexibility index (Phi) is 15.2. The van der Waals surface area contributed by atoms with Crippen LogP contribution in [0.3, 0.4) is 0 Å². The molecule has 1 aliphatic rings. The lowest BCUT2D eigenvalue weighted by Gasteiger charge is -2.34. The number of benzene rings is 1. The van der Waals surface area contributed by atoms with Crippen molar-refractivity contribution in [1.29, 1.82) is 0 Å². The second kappa shape index (κ2) is 16.8. The molecule has 0 saturated carbocycles. The third-order valence-electron chi connectivity index (χ3n) is 4.92. The summed E-state index contributed by atoms with van der Waals surface area (Å²) in [5.41, 5.74) is 1.41. The van der Waals surface area contributed by atoms with Gasteiger partial charge in [-0.2, -0.15) is 0 Å². The number of ether oxygens (including phenoxy) is 1. The van der Waals surface area contributed by atoms with Crippen molar-refractivity contribution < 1.29 is 4.74 Å². The molecule has 2 rings (SSSR count). The number of hydrogen-bond acceptors (Lipinski definition) is 4. The van der Waals surface area contributed by atoms with Crippen molar-refractivity contribution in [2.24, 2.45) is 4.99 Å². The van der Waals surface area contributed by atoms with E-state index in [0.29, 0.717) is 0 Å². The second-order valence-corrected chi connectivity index (χ2v) is 7.19. The van der Waals surface area contributed by atoms with Crippen LogP contribution in [-0.4, -0.2) is 81.3 Å². The zero-order chi connectivity index (χ0) is 19.9. The second-order valence-electron chi connectivity index (χ2n) is 7.19. The van der Waals surface area contributed by atoms with Gasteiger partial charge in [-0.15, -0.1) is 24.0 Å². The number of aliphatic imine (C=N–C) groups is 1. The van der Waals surface area contributed by atoms with Gasteiger partial charge >= 0.3 is 0 Å². The fourth-order valence-corrected chi connectivity index (χ4v) is 3.37. The van der Waals surface area contributed by atoms with Crippen LogP contribution >= 0.6 is 24.0 Å². The summed E-state index contributed by atoms with van der Waals surface area (Å²) < 4.78 is 5.36. The van der Waals surface area contributed by atoms with Crippen molar-refractivity contribution in [2.75, 3.05) is 65.6 Å². The van der Waals surface area contributed by atoms with E-state index < -0.39 is 0 Å². The zero-order valence-electron chi connectivity index (χ0n) is 18.2. The van der Waals surface area contributed by atoms with Gasteiger partial charge in [0, 0.05) is 65.6 Å². The molecule has 1 aromatic rings. The van der Waals surface area contributed by atoms with Crippen LogP contribution in [0.2, 0.25) is 0 Å². The van der Waals surface area contributed by atoms with Crippen LogP contribution in [0.15, 0.2) is 35.3 Å². The van der Waals surface area contributed by atoms with E-state index in [0.717, 1.165) is 77.8 Å². The molecule has 0 atom stereocenters. The molecular weight excluding hydrogens is 477 g/mol. The van der Waals surface area contributed by atoms with Crippen molar-refractivity contribution in [3.05, 3.63) is 35.9 Å². The minimum absolute atomic E-state index is 0. The van der Waals surface area contributed by atoms with Gasteiger partial charge in [-0.1, -0.05) is 30.3 Å². The normalized spacial score (nSPS) is 15.7.